The van der Waals surface area contributed by atoms with E-state index >= 15 is 0 Å². The molecule has 2 aromatic rings. The predicted octanol–water partition coefficient (Wildman–Crippen LogP) is 1.61. The highest BCUT2D eigenvalue weighted by Crippen LogP contribution is 2.40. The number of hydrogen-bond donors (Lipinski definition) is 4. The standard InChI is InChI=1S/C24H27N5O3/c25-22(23(26)31)16-9-4-5-10-18(16)27-14-21(30)29-12-6-11-20(29)24(32)28-19-13-17(19)15-7-2-1-3-8-15/h1-5,7-10,17,19-20,25,27H,6,11-14H2,(H2,26,31)(H,28,32). The van der Waals surface area contributed by atoms with Crippen molar-refractivity contribution < 1.29 is 14.4 Å². The Balaban J connectivity index is 1.34. The number of nitrogens with two attached hydrogens (primary N) is 1. The minimum atomic E-state index is -0.837. The molecule has 0 spiro atoms. The van der Waals surface area contributed by atoms with Crippen molar-refractivity contribution in [2.75, 3.05) is 18.4 Å². The number of primary amides is 1. The number of rotatable bonds is 8. The number of likely N-dealkylation sites (tertiary alicyclic amines) is 1. The molecular weight excluding hydrogens is 406 g/mol. The monoisotopic (exact) mass is 433 g/mol. The Kier molecular flexibility index (Phi) is 6.20. The SMILES string of the molecule is N=C(C(N)=O)c1ccccc1NCC(=O)N1CCCC1C(=O)NC1CC1c1ccccc1. The fourth-order valence-corrected chi connectivity index (χ4v) is 4.30. The Morgan fingerprint density at radius 3 is 2.53 bits per heavy atom. The van der Waals surface area contributed by atoms with Crippen LogP contribution in [0.1, 0.15) is 36.3 Å². The third-order valence-corrected chi connectivity index (χ3v) is 6.09. The van der Waals surface area contributed by atoms with Crippen molar-refractivity contribution in [3.05, 3.63) is 65.7 Å². The van der Waals surface area contributed by atoms with Crippen LogP contribution >= 0.6 is 0 Å². The van der Waals surface area contributed by atoms with Gasteiger partial charge in [-0.3, -0.25) is 19.8 Å². The van der Waals surface area contributed by atoms with Crippen LogP contribution < -0.4 is 16.4 Å². The first-order valence-corrected chi connectivity index (χ1v) is 10.8. The molecule has 8 nitrogen and oxygen atoms in total. The second-order valence-electron chi connectivity index (χ2n) is 8.25. The average Bonchev–Trinajstić information content (AvgIpc) is 3.39. The summed E-state index contributed by atoms with van der Waals surface area (Å²) in [5, 5.41) is 14.0. The van der Waals surface area contributed by atoms with E-state index in [9.17, 15) is 14.4 Å². The summed E-state index contributed by atoms with van der Waals surface area (Å²) in [6, 6.07) is 16.5. The van der Waals surface area contributed by atoms with E-state index in [1.807, 2.05) is 18.2 Å². The van der Waals surface area contributed by atoms with Crippen LogP contribution in [0.4, 0.5) is 5.69 Å². The third kappa shape index (κ3) is 4.64. The molecule has 0 bridgehead atoms. The Labute approximate surface area is 186 Å². The summed E-state index contributed by atoms with van der Waals surface area (Å²) in [6.45, 7) is 0.493. The zero-order chi connectivity index (χ0) is 22.7. The van der Waals surface area contributed by atoms with Crippen molar-refractivity contribution in [3.8, 4) is 0 Å². The highest BCUT2D eigenvalue weighted by Gasteiger charge is 2.42. The molecule has 0 radical (unpaired) electrons. The topological polar surface area (TPSA) is 128 Å². The number of amides is 3. The normalized spacial score (nSPS) is 21.6. The molecule has 32 heavy (non-hydrogen) atoms. The van der Waals surface area contributed by atoms with E-state index in [4.69, 9.17) is 11.1 Å². The van der Waals surface area contributed by atoms with Crippen LogP contribution in [0.25, 0.3) is 0 Å². The lowest BCUT2D eigenvalue weighted by Crippen LogP contribution is -2.48. The van der Waals surface area contributed by atoms with E-state index in [-0.39, 0.29) is 30.1 Å². The molecule has 1 aliphatic carbocycles. The van der Waals surface area contributed by atoms with Gasteiger partial charge in [0.2, 0.25) is 11.8 Å². The zero-order valence-corrected chi connectivity index (χ0v) is 17.7. The fraction of sp³-hybridized carbons (Fsp3) is 0.333. The molecule has 166 valence electrons. The van der Waals surface area contributed by atoms with Crippen molar-refractivity contribution >= 4 is 29.1 Å². The first kappa shape index (κ1) is 21.5. The Morgan fingerprint density at radius 1 is 1.06 bits per heavy atom. The number of carbonyl (C=O) groups is 3. The first-order valence-electron chi connectivity index (χ1n) is 10.8. The number of benzene rings is 2. The van der Waals surface area contributed by atoms with Gasteiger partial charge in [0.15, 0.2) is 0 Å². The molecule has 1 aliphatic heterocycles. The lowest BCUT2D eigenvalue weighted by atomic mass is 10.1. The minimum absolute atomic E-state index is 0.0388. The summed E-state index contributed by atoms with van der Waals surface area (Å²) in [5.74, 6) is -0.797. The van der Waals surface area contributed by atoms with Crippen LogP contribution in [-0.2, 0) is 14.4 Å². The smallest absolute Gasteiger partial charge is 0.267 e. The number of nitrogens with one attached hydrogen (secondary N) is 3. The summed E-state index contributed by atoms with van der Waals surface area (Å²) >= 11 is 0. The maximum Gasteiger partial charge on any atom is 0.267 e. The van der Waals surface area contributed by atoms with Crippen molar-refractivity contribution in [3.63, 3.8) is 0 Å². The molecule has 2 aromatic carbocycles. The van der Waals surface area contributed by atoms with Crippen molar-refractivity contribution in [1.29, 1.82) is 5.41 Å². The number of anilines is 1. The fourth-order valence-electron chi connectivity index (χ4n) is 4.30. The molecule has 0 aromatic heterocycles. The first-order chi connectivity index (χ1) is 15.5. The summed E-state index contributed by atoms with van der Waals surface area (Å²) in [7, 11) is 0. The molecule has 4 rings (SSSR count). The molecule has 1 heterocycles. The van der Waals surface area contributed by atoms with Gasteiger partial charge < -0.3 is 21.3 Å². The maximum atomic E-state index is 12.9. The quantitative estimate of drug-likeness (QED) is 0.472. The third-order valence-electron chi connectivity index (χ3n) is 6.09. The van der Waals surface area contributed by atoms with Crippen LogP contribution in [0.5, 0.6) is 0 Å². The Bertz CT molecular complexity index is 1040. The maximum absolute atomic E-state index is 12.9. The van der Waals surface area contributed by atoms with E-state index in [2.05, 4.69) is 22.8 Å². The van der Waals surface area contributed by atoms with Crippen molar-refractivity contribution in [2.24, 2.45) is 5.73 Å². The summed E-state index contributed by atoms with van der Waals surface area (Å²) in [5.41, 5.74) is 6.94. The molecule has 1 saturated carbocycles. The van der Waals surface area contributed by atoms with E-state index in [0.29, 0.717) is 30.1 Å². The Hall–Kier alpha value is -3.68. The summed E-state index contributed by atoms with van der Waals surface area (Å²) < 4.78 is 0. The van der Waals surface area contributed by atoms with Crippen LogP contribution in [0.2, 0.25) is 0 Å². The molecule has 3 amide bonds. The largest absolute Gasteiger partial charge is 0.376 e. The molecule has 3 atom stereocenters. The van der Waals surface area contributed by atoms with Gasteiger partial charge in [0.05, 0.1) is 6.54 Å². The Morgan fingerprint density at radius 2 is 1.78 bits per heavy atom. The summed E-state index contributed by atoms with van der Waals surface area (Å²) in [6.07, 6.45) is 2.34. The number of para-hydroxylation sites is 1. The van der Waals surface area contributed by atoms with E-state index in [1.54, 1.807) is 29.2 Å². The molecule has 5 N–H and O–H groups in total. The lowest BCUT2D eigenvalue weighted by molar-refractivity contribution is -0.137. The van der Waals surface area contributed by atoms with E-state index in [0.717, 1.165) is 12.8 Å². The van der Waals surface area contributed by atoms with Crippen molar-refractivity contribution in [2.45, 2.75) is 37.3 Å². The van der Waals surface area contributed by atoms with Crippen molar-refractivity contribution in [1.82, 2.24) is 10.2 Å². The van der Waals surface area contributed by atoms with E-state index in [1.165, 1.54) is 5.56 Å². The van der Waals surface area contributed by atoms with Gasteiger partial charge in [-0.25, -0.2) is 0 Å². The van der Waals surface area contributed by atoms with Gasteiger partial charge in [-0.05, 0) is 30.9 Å². The highest BCUT2D eigenvalue weighted by molar-refractivity contribution is 6.44. The molecule has 3 unspecified atom stereocenters. The van der Waals surface area contributed by atoms with Crippen LogP contribution in [0, 0.1) is 5.41 Å². The lowest BCUT2D eigenvalue weighted by Gasteiger charge is -2.24. The number of carbonyl (C=O) groups excluding carboxylic acids is 3. The number of hydrogen-bond acceptors (Lipinski definition) is 5. The second-order valence-corrected chi connectivity index (χ2v) is 8.25. The molecule has 2 fully saturated rings. The highest BCUT2D eigenvalue weighted by atomic mass is 16.2. The number of nitrogens with zero attached hydrogens (tertiary/aromatic N) is 1. The molecular formula is C24H27N5O3. The zero-order valence-electron chi connectivity index (χ0n) is 17.7. The van der Waals surface area contributed by atoms with Gasteiger partial charge in [0.25, 0.3) is 5.91 Å². The molecule has 8 heteroatoms. The van der Waals surface area contributed by atoms with Gasteiger partial charge in [-0.2, -0.15) is 0 Å². The van der Waals surface area contributed by atoms with Gasteiger partial charge in [-0.1, -0.05) is 48.5 Å². The van der Waals surface area contributed by atoms with Gasteiger partial charge in [0.1, 0.15) is 11.8 Å². The second kappa shape index (κ2) is 9.21. The average molecular weight is 434 g/mol. The van der Waals surface area contributed by atoms with Crippen LogP contribution in [-0.4, -0.2) is 53.5 Å². The van der Waals surface area contributed by atoms with Gasteiger partial charge in [-0.15, -0.1) is 0 Å². The molecule has 1 saturated heterocycles. The van der Waals surface area contributed by atoms with E-state index < -0.39 is 11.9 Å². The minimum Gasteiger partial charge on any atom is -0.376 e. The van der Waals surface area contributed by atoms with Crippen LogP contribution in [0.3, 0.4) is 0 Å². The molecule has 2 aliphatic rings. The van der Waals surface area contributed by atoms with Gasteiger partial charge >= 0.3 is 0 Å². The van der Waals surface area contributed by atoms with Crippen LogP contribution in [0.15, 0.2) is 54.6 Å². The van der Waals surface area contributed by atoms with Gasteiger partial charge in [0, 0.05) is 29.8 Å². The summed E-state index contributed by atoms with van der Waals surface area (Å²) in [4.78, 5) is 38.7. The predicted molar refractivity (Wildman–Crippen MR) is 121 cm³/mol.